The maximum Gasteiger partial charge on any atom is 0.265 e. The van der Waals surface area contributed by atoms with Gasteiger partial charge >= 0.3 is 0 Å². The Labute approximate surface area is 160 Å². The Balaban J connectivity index is 1.49. The van der Waals surface area contributed by atoms with Gasteiger partial charge in [0, 0.05) is 19.0 Å². The van der Waals surface area contributed by atoms with Crippen molar-refractivity contribution in [3.05, 3.63) is 48.8 Å². The number of sulfonamides is 1. The minimum absolute atomic E-state index is 0.0641. The second-order valence-corrected chi connectivity index (χ2v) is 8.16. The van der Waals surface area contributed by atoms with Crippen molar-refractivity contribution in [3.63, 3.8) is 0 Å². The number of rotatable bonds is 4. The molecular formula is C17H17N7O3S. The Morgan fingerprint density at radius 3 is 2.96 bits per heavy atom. The number of ether oxygens (including phenoxy) is 1. The molecule has 0 atom stereocenters. The highest BCUT2D eigenvalue weighted by Gasteiger charge is 2.21. The van der Waals surface area contributed by atoms with E-state index in [0.29, 0.717) is 36.8 Å². The number of fused-ring (bicyclic) bond motifs is 2. The predicted molar refractivity (Wildman–Crippen MR) is 101 cm³/mol. The van der Waals surface area contributed by atoms with Crippen LogP contribution in [0.2, 0.25) is 0 Å². The molecule has 5 rings (SSSR count). The fourth-order valence-electron chi connectivity index (χ4n) is 3.35. The summed E-state index contributed by atoms with van der Waals surface area (Å²) in [6.07, 6.45) is 6.16. The molecule has 0 saturated heterocycles. The molecule has 28 heavy (non-hydrogen) atoms. The maximum atomic E-state index is 12.9. The molecule has 1 aliphatic heterocycles. The molecular weight excluding hydrogens is 382 g/mol. The molecule has 0 radical (unpaired) electrons. The van der Waals surface area contributed by atoms with Crippen molar-refractivity contribution >= 4 is 26.6 Å². The normalized spacial score (nSPS) is 14.3. The highest BCUT2D eigenvalue weighted by atomic mass is 32.2. The fourth-order valence-corrected chi connectivity index (χ4v) is 4.35. The van der Waals surface area contributed by atoms with Gasteiger partial charge in [-0.1, -0.05) is 12.1 Å². The fraction of sp³-hybridized carbons (Fsp3) is 0.235. The smallest absolute Gasteiger partial charge is 0.265 e. The summed E-state index contributed by atoms with van der Waals surface area (Å²) in [5.41, 5.74) is 1.17. The number of imidazole rings is 1. The van der Waals surface area contributed by atoms with E-state index in [2.05, 4.69) is 19.9 Å². The SMILES string of the molecule is Cn1ncc2cccc(NS(=O)(=O)c3cnn(-c4cnc5n4CCOC5)c3)c21. The number of hydrogen-bond donors (Lipinski definition) is 1. The Bertz CT molecular complexity index is 1290. The van der Waals surface area contributed by atoms with E-state index in [-0.39, 0.29) is 4.90 Å². The van der Waals surface area contributed by atoms with Crippen LogP contribution in [0.15, 0.2) is 47.9 Å². The van der Waals surface area contributed by atoms with E-state index in [1.54, 1.807) is 36.3 Å². The van der Waals surface area contributed by atoms with Gasteiger partial charge < -0.3 is 9.30 Å². The molecule has 4 heterocycles. The quantitative estimate of drug-likeness (QED) is 0.554. The molecule has 144 valence electrons. The van der Waals surface area contributed by atoms with E-state index in [9.17, 15) is 8.42 Å². The van der Waals surface area contributed by atoms with Crippen LogP contribution < -0.4 is 4.72 Å². The Morgan fingerprint density at radius 2 is 2.07 bits per heavy atom. The van der Waals surface area contributed by atoms with Gasteiger partial charge in [0.1, 0.15) is 17.3 Å². The van der Waals surface area contributed by atoms with Crippen LogP contribution in [0.1, 0.15) is 5.82 Å². The third-order valence-electron chi connectivity index (χ3n) is 4.72. The number of aromatic nitrogens is 6. The van der Waals surface area contributed by atoms with Crippen molar-refractivity contribution < 1.29 is 13.2 Å². The van der Waals surface area contributed by atoms with Crippen LogP contribution in [-0.4, -0.2) is 44.1 Å². The molecule has 0 spiro atoms. The number of para-hydroxylation sites is 1. The molecule has 0 amide bonds. The molecule has 10 nitrogen and oxygen atoms in total. The summed E-state index contributed by atoms with van der Waals surface area (Å²) in [7, 11) is -2.05. The highest BCUT2D eigenvalue weighted by Crippen LogP contribution is 2.25. The molecule has 4 aromatic rings. The molecule has 0 unspecified atom stereocenters. The molecule has 0 bridgehead atoms. The zero-order valence-electron chi connectivity index (χ0n) is 15.0. The first-order chi connectivity index (χ1) is 13.5. The summed E-state index contributed by atoms with van der Waals surface area (Å²) in [5, 5.41) is 9.26. The minimum atomic E-state index is -3.82. The Morgan fingerprint density at radius 1 is 1.18 bits per heavy atom. The van der Waals surface area contributed by atoms with Gasteiger partial charge in [0.25, 0.3) is 10.0 Å². The van der Waals surface area contributed by atoms with Gasteiger partial charge in [-0.25, -0.2) is 18.1 Å². The summed E-state index contributed by atoms with van der Waals surface area (Å²) in [4.78, 5) is 4.38. The van der Waals surface area contributed by atoms with E-state index >= 15 is 0 Å². The van der Waals surface area contributed by atoms with E-state index in [1.807, 2.05) is 10.6 Å². The van der Waals surface area contributed by atoms with Crippen LogP contribution in [0.3, 0.4) is 0 Å². The van der Waals surface area contributed by atoms with Crippen molar-refractivity contribution in [3.8, 4) is 5.82 Å². The van der Waals surface area contributed by atoms with Crippen molar-refractivity contribution in [1.29, 1.82) is 0 Å². The van der Waals surface area contributed by atoms with E-state index in [4.69, 9.17) is 4.74 Å². The topological polar surface area (TPSA) is 109 Å². The zero-order chi connectivity index (χ0) is 19.3. The van der Waals surface area contributed by atoms with Crippen LogP contribution in [0.5, 0.6) is 0 Å². The predicted octanol–water partition coefficient (Wildman–Crippen LogP) is 1.29. The Kier molecular flexibility index (Phi) is 3.74. The van der Waals surface area contributed by atoms with Crippen LogP contribution in [-0.2, 0) is 35.0 Å². The van der Waals surface area contributed by atoms with E-state index in [1.165, 1.54) is 17.1 Å². The number of hydrogen-bond acceptors (Lipinski definition) is 6. The van der Waals surface area contributed by atoms with Gasteiger partial charge in [-0.2, -0.15) is 10.2 Å². The van der Waals surface area contributed by atoms with Crippen LogP contribution in [0.25, 0.3) is 16.7 Å². The average Bonchev–Trinajstić information content (AvgIpc) is 3.40. The standard InChI is InChI=1S/C17H17N7O3S/c1-22-17-12(7-19-22)3-2-4-14(17)21-28(25,26)13-8-20-24(10-13)16-9-18-15-11-27-6-5-23(15)16/h2-4,7-10,21H,5-6,11H2,1H3. The first-order valence-electron chi connectivity index (χ1n) is 8.64. The van der Waals surface area contributed by atoms with E-state index in [0.717, 1.165) is 11.2 Å². The number of nitrogens with one attached hydrogen (secondary N) is 1. The summed E-state index contributed by atoms with van der Waals surface area (Å²) < 4.78 is 39.0. The van der Waals surface area contributed by atoms with Crippen molar-refractivity contribution in [2.24, 2.45) is 7.05 Å². The summed E-state index contributed by atoms with van der Waals surface area (Å²) >= 11 is 0. The average molecular weight is 399 g/mol. The summed E-state index contributed by atoms with van der Waals surface area (Å²) in [6, 6.07) is 5.37. The molecule has 0 saturated carbocycles. The van der Waals surface area contributed by atoms with Gasteiger partial charge in [-0.15, -0.1) is 0 Å². The van der Waals surface area contributed by atoms with Gasteiger partial charge in [-0.05, 0) is 6.07 Å². The van der Waals surface area contributed by atoms with Crippen molar-refractivity contribution in [1.82, 2.24) is 29.1 Å². The maximum absolute atomic E-state index is 12.9. The first kappa shape index (κ1) is 17.0. The highest BCUT2D eigenvalue weighted by molar-refractivity contribution is 7.92. The number of aryl methyl sites for hydroxylation is 1. The van der Waals surface area contributed by atoms with Crippen molar-refractivity contribution in [2.75, 3.05) is 11.3 Å². The molecule has 1 aliphatic rings. The largest absolute Gasteiger partial charge is 0.372 e. The third-order valence-corrected chi connectivity index (χ3v) is 6.04. The van der Waals surface area contributed by atoms with Crippen molar-refractivity contribution in [2.45, 2.75) is 18.0 Å². The number of anilines is 1. The zero-order valence-corrected chi connectivity index (χ0v) is 15.8. The summed E-state index contributed by atoms with van der Waals surface area (Å²) in [5.74, 6) is 1.50. The second kappa shape index (κ2) is 6.17. The lowest BCUT2D eigenvalue weighted by atomic mass is 10.2. The van der Waals surface area contributed by atoms with Gasteiger partial charge in [0.05, 0.1) is 42.6 Å². The molecule has 0 fully saturated rings. The lowest BCUT2D eigenvalue weighted by Gasteiger charge is -2.16. The third kappa shape index (κ3) is 2.67. The molecule has 1 aromatic carbocycles. The summed E-state index contributed by atoms with van der Waals surface area (Å²) in [6.45, 7) is 1.66. The van der Waals surface area contributed by atoms with Gasteiger partial charge in [0.15, 0.2) is 5.82 Å². The van der Waals surface area contributed by atoms with Gasteiger partial charge in [0.2, 0.25) is 0 Å². The molecule has 11 heteroatoms. The minimum Gasteiger partial charge on any atom is -0.372 e. The van der Waals surface area contributed by atoms with Crippen LogP contribution >= 0.6 is 0 Å². The van der Waals surface area contributed by atoms with Crippen LogP contribution in [0, 0.1) is 0 Å². The number of benzene rings is 1. The first-order valence-corrected chi connectivity index (χ1v) is 10.1. The second-order valence-electron chi connectivity index (χ2n) is 6.47. The molecule has 0 aliphatic carbocycles. The van der Waals surface area contributed by atoms with Gasteiger partial charge in [-0.3, -0.25) is 9.40 Å². The number of nitrogens with zero attached hydrogens (tertiary/aromatic N) is 6. The molecule has 3 aromatic heterocycles. The lowest BCUT2D eigenvalue weighted by molar-refractivity contribution is 0.0814. The van der Waals surface area contributed by atoms with E-state index < -0.39 is 10.0 Å². The Hall–Kier alpha value is -3.18. The molecule has 1 N–H and O–H groups in total. The lowest BCUT2D eigenvalue weighted by Crippen LogP contribution is -2.19. The van der Waals surface area contributed by atoms with Crippen LogP contribution in [0.4, 0.5) is 5.69 Å². The monoisotopic (exact) mass is 399 g/mol.